The van der Waals surface area contributed by atoms with Crippen molar-refractivity contribution in [3.8, 4) is 0 Å². The van der Waals surface area contributed by atoms with Crippen molar-refractivity contribution in [3.63, 3.8) is 0 Å². The third-order valence-electron chi connectivity index (χ3n) is 2.99. The Hall–Kier alpha value is 0.870. The van der Waals surface area contributed by atoms with Gasteiger partial charge in [0.1, 0.15) is 0 Å². The van der Waals surface area contributed by atoms with Gasteiger partial charge in [-0.15, -0.1) is 0 Å². The van der Waals surface area contributed by atoms with Crippen LogP contribution >= 0.6 is 0 Å². The third-order valence-corrected chi connectivity index (χ3v) is 4.28. The van der Waals surface area contributed by atoms with Gasteiger partial charge in [-0.25, -0.2) is 8.42 Å². The molecule has 0 saturated carbocycles. The fraction of sp³-hybridized carbons (Fsp3) is 1.00. The van der Waals surface area contributed by atoms with Gasteiger partial charge in [-0.2, -0.15) is 0 Å². The van der Waals surface area contributed by atoms with Crippen LogP contribution in [-0.4, -0.2) is 29.9 Å². The maximum atomic E-state index is 10.9. The second-order valence-corrected chi connectivity index (χ2v) is 6.19. The van der Waals surface area contributed by atoms with Crippen LogP contribution in [0, 0.1) is 0 Å². The van der Waals surface area contributed by atoms with Gasteiger partial charge in [0.15, 0.2) is 0 Å². The van der Waals surface area contributed by atoms with Gasteiger partial charge in [0, 0.05) is 6.61 Å². The van der Waals surface area contributed by atoms with Gasteiger partial charge in [-0.05, 0) is 12.8 Å². The van der Waals surface area contributed by atoms with Crippen LogP contribution in [0.15, 0.2) is 0 Å². The van der Waals surface area contributed by atoms with Gasteiger partial charge in [-0.1, -0.05) is 51.9 Å². The molecule has 0 fully saturated rings. The van der Waals surface area contributed by atoms with Crippen molar-refractivity contribution < 1.29 is 47.6 Å². The summed E-state index contributed by atoms with van der Waals surface area (Å²) in [4.78, 5) is 0. The molecule has 0 saturated heterocycles. The molecule has 104 valence electrons. The second kappa shape index (κ2) is 12.9. The van der Waals surface area contributed by atoms with Gasteiger partial charge >= 0.3 is 29.6 Å². The zero-order valence-corrected chi connectivity index (χ0v) is 14.5. The maximum Gasteiger partial charge on any atom is 1.00 e. The Morgan fingerprint density at radius 2 is 1.50 bits per heavy atom. The minimum Gasteiger partial charge on any atom is -0.748 e. The monoisotopic (exact) mass is 288 g/mol. The van der Waals surface area contributed by atoms with E-state index in [1.54, 1.807) is 0 Å². The number of hydrogen-bond acceptors (Lipinski definition) is 4. The molecule has 0 radical (unpaired) electrons. The molecule has 1 unspecified atom stereocenters. The van der Waals surface area contributed by atoms with Crippen LogP contribution in [0.5, 0.6) is 0 Å². The van der Waals surface area contributed by atoms with Crippen LogP contribution in [0.2, 0.25) is 0 Å². The van der Waals surface area contributed by atoms with Crippen molar-refractivity contribution in [2.75, 3.05) is 6.61 Å². The molecule has 0 aliphatic carbocycles. The molecule has 0 heterocycles. The summed E-state index contributed by atoms with van der Waals surface area (Å²) >= 11 is 0. The summed E-state index contributed by atoms with van der Waals surface area (Å²) in [6.45, 7) is 1.93. The Morgan fingerprint density at radius 1 is 1.00 bits per heavy atom. The van der Waals surface area contributed by atoms with E-state index in [2.05, 4.69) is 6.92 Å². The summed E-state index contributed by atoms with van der Waals surface area (Å²) in [6, 6.07) is 0. The van der Waals surface area contributed by atoms with Crippen LogP contribution < -0.4 is 29.6 Å². The molecular weight excluding hydrogens is 263 g/mol. The van der Waals surface area contributed by atoms with Gasteiger partial charge in [0.05, 0.1) is 15.4 Å². The van der Waals surface area contributed by atoms with Crippen molar-refractivity contribution >= 4 is 10.1 Å². The molecule has 0 aliphatic rings. The normalized spacial score (nSPS) is 13.1. The zero-order valence-electron chi connectivity index (χ0n) is 11.7. The Kier molecular flexibility index (Phi) is 15.2. The standard InChI is InChI=1S/C12H26O4S.Na/c1-2-3-4-5-6-7-8-9-12(10-11-13)17(14,15)16;/h12-13H,2-11H2,1H3,(H,14,15,16);/q;+1/p-1. The van der Waals surface area contributed by atoms with Crippen LogP contribution in [0.4, 0.5) is 0 Å². The predicted octanol–water partition coefficient (Wildman–Crippen LogP) is -0.573. The Labute approximate surface area is 134 Å². The molecule has 1 atom stereocenters. The molecule has 0 aliphatic heterocycles. The molecule has 0 bridgehead atoms. The van der Waals surface area contributed by atoms with Crippen molar-refractivity contribution in [3.05, 3.63) is 0 Å². The number of unbranched alkanes of at least 4 members (excludes halogenated alkanes) is 6. The predicted molar refractivity (Wildman–Crippen MR) is 67.8 cm³/mol. The summed E-state index contributed by atoms with van der Waals surface area (Å²) in [5.74, 6) is 0. The maximum absolute atomic E-state index is 10.9. The van der Waals surface area contributed by atoms with Crippen LogP contribution in [0.3, 0.4) is 0 Å². The minimum absolute atomic E-state index is 0. The zero-order chi connectivity index (χ0) is 13.1. The van der Waals surface area contributed by atoms with Crippen molar-refractivity contribution in [1.82, 2.24) is 0 Å². The first-order valence-corrected chi connectivity index (χ1v) is 8.05. The first-order valence-electron chi connectivity index (χ1n) is 6.58. The number of hydrogen-bond donors (Lipinski definition) is 1. The molecule has 0 aromatic heterocycles. The summed E-state index contributed by atoms with van der Waals surface area (Å²) in [7, 11) is -4.24. The summed E-state index contributed by atoms with van der Waals surface area (Å²) in [5.41, 5.74) is 0. The van der Waals surface area contributed by atoms with Gasteiger partial charge in [0.25, 0.3) is 0 Å². The fourth-order valence-electron chi connectivity index (χ4n) is 1.91. The van der Waals surface area contributed by atoms with E-state index in [1.807, 2.05) is 0 Å². The minimum atomic E-state index is -4.24. The average molecular weight is 288 g/mol. The number of aliphatic hydroxyl groups excluding tert-OH is 1. The second-order valence-electron chi connectivity index (χ2n) is 4.54. The smallest absolute Gasteiger partial charge is 0.748 e. The first-order chi connectivity index (χ1) is 8.02. The van der Waals surface area contributed by atoms with E-state index in [0.717, 1.165) is 19.3 Å². The van der Waals surface area contributed by atoms with Crippen molar-refractivity contribution in [2.45, 2.75) is 70.0 Å². The van der Waals surface area contributed by atoms with Crippen LogP contribution in [-0.2, 0) is 10.1 Å². The van der Waals surface area contributed by atoms with E-state index >= 15 is 0 Å². The molecular formula is C12H25NaO4S. The van der Waals surface area contributed by atoms with Crippen LogP contribution in [0.1, 0.15) is 64.7 Å². The van der Waals surface area contributed by atoms with Gasteiger partial charge in [-0.3, -0.25) is 0 Å². The van der Waals surface area contributed by atoms with E-state index in [9.17, 15) is 13.0 Å². The number of aliphatic hydroxyl groups is 1. The average Bonchev–Trinajstić information content (AvgIpc) is 2.25. The molecule has 4 nitrogen and oxygen atoms in total. The van der Waals surface area contributed by atoms with Crippen molar-refractivity contribution in [2.24, 2.45) is 0 Å². The van der Waals surface area contributed by atoms with Gasteiger partial charge < -0.3 is 9.66 Å². The third kappa shape index (κ3) is 11.9. The molecule has 18 heavy (non-hydrogen) atoms. The van der Waals surface area contributed by atoms with E-state index in [-0.39, 0.29) is 42.6 Å². The topological polar surface area (TPSA) is 77.4 Å². The quantitative estimate of drug-likeness (QED) is 0.314. The van der Waals surface area contributed by atoms with E-state index in [4.69, 9.17) is 5.11 Å². The SMILES string of the molecule is CCCCCCCCCC(CCO)S(=O)(=O)[O-].[Na+]. The molecule has 0 rings (SSSR count). The Balaban J connectivity index is 0. The van der Waals surface area contributed by atoms with E-state index in [1.165, 1.54) is 25.7 Å². The van der Waals surface area contributed by atoms with E-state index in [0.29, 0.717) is 6.42 Å². The molecule has 0 spiro atoms. The summed E-state index contributed by atoms with van der Waals surface area (Å²) < 4.78 is 32.6. The molecule has 0 amide bonds. The van der Waals surface area contributed by atoms with Crippen LogP contribution in [0.25, 0.3) is 0 Å². The molecule has 0 aromatic carbocycles. The summed E-state index contributed by atoms with van der Waals surface area (Å²) in [5, 5.41) is 7.80. The Morgan fingerprint density at radius 3 is 1.94 bits per heavy atom. The summed E-state index contributed by atoms with van der Waals surface area (Å²) in [6.07, 6.45) is 8.18. The molecule has 0 aromatic rings. The fourth-order valence-corrected chi connectivity index (χ4v) is 2.76. The van der Waals surface area contributed by atoms with E-state index < -0.39 is 15.4 Å². The Bertz CT molecular complexity index is 267. The van der Waals surface area contributed by atoms with Crippen molar-refractivity contribution in [1.29, 1.82) is 0 Å². The largest absolute Gasteiger partial charge is 1.00 e. The van der Waals surface area contributed by atoms with Gasteiger partial charge in [0.2, 0.25) is 0 Å². The number of rotatable bonds is 11. The molecule has 6 heteroatoms. The molecule has 1 N–H and O–H groups in total. The first kappa shape index (κ1) is 21.2.